The molecule has 7 heteroatoms. The Morgan fingerprint density at radius 1 is 1.40 bits per heavy atom. The Morgan fingerprint density at radius 3 is 3.05 bits per heavy atom. The number of hydrazone groups is 1. The third kappa shape index (κ3) is 2.16. The minimum Gasteiger partial charge on any atom is -0.361 e. The van der Waals surface area contributed by atoms with Gasteiger partial charge in [-0.3, -0.25) is 4.79 Å². The summed E-state index contributed by atoms with van der Waals surface area (Å²) >= 11 is 0. The molecule has 3 rings (SSSR count). The van der Waals surface area contributed by atoms with Gasteiger partial charge < -0.3 is 4.98 Å². The van der Waals surface area contributed by atoms with Gasteiger partial charge in [-0.15, -0.1) is 0 Å². The molecule has 0 saturated heterocycles. The molecule has 1 aromatic carbocycles. The predicted molar refractivity (Wildman–Crippen MR) is 72.4 cm³/mol. The van der Waals surface area contributed by atoms with Crippen LogP contribution in [0, 0.1) is 6.92 Å². The molecule has 0 radical (unpaired) electrons. The minimum atomic E-state index is -0.458. The molecule has 0 aliphatic rings. The fourth-order valence-electron chi connectivity index (χ4n) is 1.85. The van der Waals surface area contributed by atoms with Gasteiger partial charge in [-0.05, 0) is 18.1 Å². The number of hydrogen-bond donors (Lipinski definition) is 2. The summed E-state index contributed by atoms with van der Waals surface area (Å²) in [4.78, 5) is 14.8. The highest BCUT2D eigenvalue weighted by Crippen LogP contribution is 2.15. The van der Waals surface area contributed by atoms with E-state index in [9.17, 15) is 4.79 Å². The highest BCUT2D eigenvalue weighted by atomic mass is 16.6. The fourth-order valence-corrected chi connectivity index (χ4v) is 1.85. The first kappa shape index (κ1) is 12.1. The van der Waals surface area contributed by atoms with E-state index in [2.05, 4.69) is 30.5 Å². The van der Waals surface area contributed by atoms with Gasteiger partial charge in [0.2, 0.25) is 0 Å². The lowest BCUT2D eigenvalue weighted by Crippen LogP contribution is -2.19. The van der Waals surface area contributed by atoms with Crippen molar-refractivity contribution in [3.05, 3.63) is 47.4 Å². The number of aromatic nitrogens is 3. The molecule has 7 nitrogen and oxygen atoms in total. The number of carbonyl (C=O) groups excluding carboxylic acids is 1. The van der Waals surface area contributed by atoms with Crippen molar-refractivity contribution >= 4 is 23.0 Å². The van der Waals surface area contributed by atoms with Crippen molar-refractivity contribution in [2.45, 2.75) is 6.92 Å². The molecule has 0 aliphatic heterocycles. The zero-order valence-electron chi connectivity index (χ0n) is 10.6. The number of benzene rings is 1. The van der Waals surface area contributed by atoms with Crippen molar-refractivity contribution in [2.75, 3.05) is 0 Å². The first-order valence-electron chi connectivity index (χ1n) is 5.94. The van der Waals surface area contributed by atoms with Crippen LogP contribution in [0.15, 0.2) is 40.2 Å². The van der Waals surface area contributed by atoms with Gasteiger partial charge >= 0.3 is 0 Å². The summed E-state index contributed by atoms with van der Waals surface area (Å²) in [5.74, 6) is -0.458. The molecular weight excluding hydrogens is 258 g/mol. The topological polar surface area (TPSA) is 96.2 Å². The summed E-state index contributed by atoms with van der Waals surface area (Å²) in [5, 5.41) is 12.0. The van der Waals surface area contributed by atoms with Crippen molar-refractivity contribution in [3.8, 4) is 0 Å². The van der Waals surface area contributed by atoms with E-state index in [-0.39, 0.29) is 5.69 Å². The number of amides is 1. The van der Waals surface area contributed by atoms with E-state index in [0.717, 1.165) is 16.5 Å². The number of rotatable bonds is 3. The number of para-hydroxylation sites is 1. The van der Waals surface area contributed by atoms with Crippen molar-refractivity contribution in [2.24, 2.45) is 5.10 Å². The molecule has 1 amide bonds. The van der Waals surface area contributed by atoms with Gasteiger partial charge in [-0.1, -0.05) is 23.4 Å². The molecule has 0 fully saturated rings. The lowest BCUT2D eigenvalue weighted by atomic mass is 10.2. The number of H-pyrrole nitrogens is 1. The first-order valence-corrected chi connectivity index (χ1v) is 5.94. The second kappa shape index (κ2) is 4.96. The summed E-state index contributed by atoms with van der Waals surface area (Å²) in [6.07, 6.45) is 3.39. The number of hydrogen-bond acceptors (Lipinski definition) is 5. The third-order valence-electron chi connectivity index (χ3n) is 2.86. The van der Waals surface area contributed by atoms with Crippen LogP contribution in [0.2, 0.25) is 0 Å². The van der Waals surface area contributed by atoms with E-state index in [4.69, 9.17) is 0 Å². The van der Waals surface area contributed by atoms with Crippen molar-refractivity contribution in [3.63, 3.8) is 0 Å². The SMILES string of the molecule is Cc1nonc1C(=O)NN=Cc1c[nH]c2ccccc12. The Bertz CT molecular complexity index is 787. The van der Waals surface area contributed by atoms with Crippen molar-refractivity contribution < 1.29 is 9.42 Å². The third-order valence-corrected chi connectivity index (χ3v) is 2.86. The van der Waals surface area contributed by atoms with Crippen LogP contribution in [0.1, 0.15) is 21.7 Å². The molecule has 2 heterocycles. The molecule has 0 unspecified atom stereocenters. The summed E-state index contributed by atoms with van der Waals surface area (Å²) in [6.45, 7) is 1.63. The number of aromatic amines is 1. The van der Waals surface area contributed by atoms with E-state index < -0.39 is 5.91 Å². The Hall–Kier alpha value is -2.96. The molecule has 100 valence electrons. The van der Waals surface area contributed by atoms with E-state index in [1.54, 1.807) is 13.1 Å². The van der Waals surface area contributed by atoms with Gasteiger partial charge in [0, 0.05) is 22.7 Å². The van der Waals surface area contributed by atoms with Gasteiger partial charge in [-0.2, -0.15) is 5.10 Å². The van der Waals surface area contributed by atoms with Crippen LogP contribution >= 0.6 is 0 Å². The summed E-state index contributed by atoms with van der Waals surface area (Å²) in [6, 6.07) is 7.83. The van der Waals surface area contributed by atoms with Crippen molar-refractivity contribution in [1.29, 1.82) is 0 Å². The number of aryl methyl sites for hydroxylation is 1. The lowest BCUT2D eigenvalue weighted by Gasteiger charge is -1.94. The van der Waals surface area contributed by atoms with E-state index in [0.29, 0.717) is 5.69 Å². The monoisotopic (exact) mass is 269 g/mol. The quantitative estimate of drug-likeness (QED) is 0.557. The Balaban J connectivity index is 1.75. The highest BCUT2D eigenvalue weighted by Gasteiger charge is 2.13. The molecule has 0 aliphatic carbocycles. The van der Waals surface area contributed by atoms with Gasteiger partial charge in [0.05, 0.1) is 6.21 Å². The predicted octanol–water partition coefficient (Wildman–Crippen LogP) is 1.62. The Kier molecular flexibility index (Phi) is 3.00. The first-order chi connectivity index (χ1) is 9.75. The number of nitrogens with one attached hydrogen (secondary N) is 2. The lowest BCUT2D eigenvalue weighted by molar-refractivity contribution is 0.0945. The maximum atomic E-state index is 11.7. The molecule has 0 bridgehead atoms. The van der Waals surface area contributed by atoms with Crippen LogP contribution in [0.3, 0.4) is 0 Å². The summed E-state index contributed by atoms with van der Waals surface area (Å²) < 4.78 is 4.46. The van der Waals surface area contributed by atoms with Gasteiger partial charge in [-0.25, -0.2) is 10.1 Å². The molecule has 0 saturated carbocycles. The zero-order chi connectivity index (χ0) is 13.9. The van der Waals surface area contributed by atoms with E-state index in [1.165, 1.54) is 0 Å². The Morgan fingerprint density at radius 2 is 2.25 bits per heavy atom. The van der Waals surface area contributed by atoms with E-state index >= 15 is 0 Å². The second-order valence-electron chi connectivity index (χ2n) is 4.19. The average molecular weight is 269 g/mol. The molecular formula is C13H11N5O2. The fraction of sp³-hybridized carbons (Fsp3) is 0.0769. The molecule has 0 atom stereocenters. The normalized spacial score (nSPS) is 11.2. The molecule has 0 spiro atoms. The highest BCUT2D eigenvalue weighted by molar-refractivity contribution is 6.00. The van der Waals surface area contributed by atoms with Crippen LogP contribution < -0.4 is 5.43 Å². The minimum absolute atomic E-state index is 0.126. The molecule has 20 heavy (non-hydrogen) atoms. The van der Waals surface area contributed by atoms with Crippen LogP contribution in [0.4, 0.5) is 0 Å². The van der Waals surface area contributed by atoms with Gasteiger partial charge in [0.15, 0.2) is 5.69 Å². The maximum absolute atomic E-state index is 11.7. The maximum Gasteiger partial charge on any atom is 0.295 e. The number of nitrogens with zero attached hydrogens (tertiary/aromatic N) is 3. The van der Waals surface area contributed by atoms with Gasteiger partial charge in [0.25, 0.3) is 5.91 Å². The largest absolute Gasteiger partial charge is 0.361 e. The molecule has 3 aromatic rings. The molecule has 2 N–H and O–H groups in total. The van der Waals surface area contributed by atoms with Crippen LogP contribution in [0.25, 0.3) is 10.9 Å². The number of fused-ring (bicyclic) bond motifs is 1. The second-order valence-corrected chi connectivity index (χ2v) is 4.19. The number of carbonyl (C=O) groups is 1. The summed E-state index contributed by atoms with van der Waals surface area (Å²) in [7, 11) is 0. The zero-order valence-corrected chi connectivity index (χ0v) is 10.6. The van der Waals surface area contributed by atoms with E-state index in [1.807, 2.05) is 30.5 Å². The van der Waals surface area contributed by atoms with Crippen LogP contribution in [-0.2, 0) is 0 Å². The standard InChI is InChI=1S/C13H11N5O2/c1-8-12(18-20-17-8)13(19)16-15-7-9-6-14-11-5-3-2-4-10(9)11/h2-7,14H,1H3,(H,16,19). The van der Waals surface area contributed by atoms with Gasteiger partial charge in [0.1, 0.15) is 5.69 Å². The summed E-state index contributed by atoms with van der Waals surface area (Å²) in [5.41, 5.74) is 4.83. The average Bonchev–Trinajstić information content (AvgIpc) is 3.05. The van der Waals surface area contributed by atoms with Crippen LogP contribution in [0.5, 0.6) is 0 Å². The molecule has 2 aromatic heterocycles. The smallest absolute Gasteiger partial charge is 0.295 e. The van der Waals surface area contributed by atoms with Crippen LogP contribution in [-0.4, -0.2) is 27.4 Å². The Labute approximate surface area is 113 Å². The van der Waals surface area contributed by atoms with Crippen molar-refractivity contribution in [1.82, 2.24) is 20.7 Å².